The Balaban J connectivity index is 1.77. The zero-order valence-electron chi connectivity index (χ0n) is 19.1. The third-order valence-electron chi connectivity index (χ3n) is 5.60. The zero-order valence-corrected chi connectivity index (χ0v) is 20.7. The van der Waals surface area contributed by atoms with Gasteiger partial charge in [0.05, 0.1) is 22.8 Å². The molecule has 0 radical (unpaired) electrons. The molecular formula is C25H26BrN5O2. The van der Waals surface area contributed by atoms with E-state index in [-0.39, 0.29) is 24.1 Å². The van der Waals surface area contributed by atoms with Crippen molar-refractivity contribution in [1.82, 2.24) is 25.1 Å². The van der Waals surface area contributed by atoms with E-state index in [0.29, 0.717) is 27.9 Å². The maximum Gasteiger partial charge on any atom is 0.253 e. The van der Waals surface area contributed by atoms with Crippen LogP contribution in [0.1, 0.15) is 52.6 Å². The van der Waals surface area contributed by atoms with Gasteiger partial charge >= 0.3 is 0 Å². The van der Waals surface area contributed by atoms with E-state index in [4.69, 9.17) is 4.98 Å². The Hall–Kier alpha value is -3.26. The van der Waals surface area contributed by atoms with Crippen LogP contribution in [-0.4, -0.2) is 25.7 Å². The molecule has 8 heteroatoms. The van der Waals surface area contributed by atoms with Crippen LogP contribution in [0.3, 0.4) is 0 Å². The standard InChI is InChI=1S/C25H26BrN5O2/c1-14(2)31-23-21(13-28-31)19(10-22(30-23)18-7-5-6-17(9-18)11-26)24(32)27-12-20-15(3)8-16(4)29-25(20)33/h5-10,13-14H,11-12H2,1-4H3,(H,27,32)(H,29,33). The molecule has 0 aliphatic rings. The second kappa shape index (κ2) is 9.31. The SMILES string of the molecule is Cc1cc(C)c(CNC(=O)c2cc(-c3cccc(CBr)c3)nc3c2cnn3C(C)C)c(=O)[nH]1. The minimum absolute atomic E-state index is 0.0869. The molecule has 1 amide bonds. The number of aromatic amines is 1. The third kappa shape index (κ3) is 4.61. The first-order chi connectivity index (χ1) is 15.8. The number of benzene rings is 1. The van der Waals surface area contributed by atoms with Crippen molar-refractivity contribution in [2.75, 3.05) is 0 Å². The molecule has 0 unspecified atom stereocenters. The van der Waals surface area contributed by atoms with E-state index in [9.17, 15) is 9.59 Å². The van der Waals surface area contributed by atoms with Crippen LogP contribution in [0, 0.1) is 13.8 Å². The minimum Gasteiger partial charge on any atom is -0.348 e. The number of aromatic nitrogens is 4. The fourth-order valence-electron chi connectivity index (χ4n) is 3.91. The maximum absolute atomic E-state index is 13.3. The molecule has 33 heavy (non-hydrogen) atoms. The molecule has 3 aromatic heterocycles. The Kier molecular flexibility index (Phi) is 6.47. The predicted molar refractivity (Wildman–Crippen MR) is 134 cm³/mol. The molecule has 0 saturated heterocycles. The molecule has 4 aromatic rings. The summed E-state index contributed by atoms with van der Waals surface area (Å²) in [5.41, 5.74) is 5.86. The van der Waals surface area contributed by atoms with Crippen molar-refractivity contribution >= 4 is 32.9 Å². The van der Waals surface area contributed by atoms with Crippen LogP contribution in [0.15, 0.2) is 47.4 Å². The molecule has 0 aliphatic carbocycles. The van der Waals surface area contributed by atoms with E-state index >= 15 is 0 Å². The van der Waals surface area contributed by atoms with Crippen molar-refractivity contribution in [3.8, 4) is 11.3 Å². The molecule has 2 N–H and O–H groups in total. The van der Waals surface area contributed by atoms with Crippen LogP contribution in [0.25, 0.3) is 22.3 Å². The molecule has 7 nitrogen and oxygen atoms in total. The number of carbonyl (C=O) groups excluding carboxylic acids is 1. The maximum atomic E-state index is 13.3. The number of rotatable bonds is 6. The summed E-state index contributed by atoms with van der Waals surface area (Å²) in [6.45, 7) is 7.90. The monoisotopic (exact) mass is 507 g/mol. The van der Waals surface area contributed by atoms with Gasteiger partial charge in [-0.2, -0.15) is 5.10 Å². The van der Waals surface area contributed by atoms with Gasteiger partial charge < -0.3 is 10.3 Å². The Morgan fingerprint density at radius 1 is 1.21 bits per heavy atom. The van der Waals surface area contributed by atoms with Gasteiger partial charge in [0.15, 0.2) is 5.65 Å². The van der Waals surface area contributed by atoms with E-state index in [1.807, 2.05) is 56.6 Å². The number of H-pyrrole nitrogens is 1. The summed E-state index contributed by atoms with van der Waals surface area (Å²) >= 11 is 3.50. The van der Waals surface area contributed by atoms with Gasteiger partial charge in [-0.1, -0.05) is 34.1 Å². The van der Waals surface area contributed by atoms with Gasteiger partial charge in [0.2, 0.25) is 0 Å². The predicted octanol–water partition coefficient (Wildman–Crippen LogP) is 4.81. The van der Waals surface area contributed by atoms with Crippen molar-refractivity contribution in [2.24, 2.45) is 0 Å². The third-order valence-corrected chi connectivity index (χ3v) is 6.24. The number of nitrogens with one attached hydrogen (secondary N) is 2. The Bertz CT molecular complexity index is 1400. The number of hydrogen-bond acceptors (Lipinski definition) is 4. The molecule has 4 rings (SSSR count). The summed E-state index contributed by atoms with van der Waals surface area (Å²) in [5, 5.41) is 8.80. The molecule has 3 heterocycles. The highest BCUT2D eigenvalue weighted by molar-refractivity contribution is 9.08. The van der Waals surface area contributed by atoms with E-state index in [1.165, 1.54) is 0 Å². The van der Waals surface area contributed by atoms with Crippen LogP contribution in [-0.2, 0) is 11.9 Å². The number of aryl methyl sites for hydroxylation is 2. The molecule has 0 atom stereocenters. The lowest BCUT2D eigenvalue weighted by Crippen LogP contribution is -2.28. The average Bonchev–Trinajstić information content (AvgIpc) is 3.22. The molecule has 170 valence electrons. The van der Waals surface area contributed by atoms with Crippen molar-refractivity contribution in [3.05, 3.63) is 80.9 Å². The number of hydrogen-bond donors (Lipinski definition) is 2. The number of amides is 1. The first-order valence-corrected chi connectivity index (χ1v) is 11.9. The molecule has 1 aromatic carbocycles. The lowest BCUT2D eigenvalue weighted by molar-refractivity contribution is 0.0952. The van der Waals surface area contributed by atoms with Crippen LogP contribution >= 0.6 is 15.9 Å². The van der Waals surface area contributed by atoms with Crippen LogP contribution in [0.4, 0.5) is 0 Å². The lowest BCUT2D eigenvalue weighted by atomic mass is 10.0. The Morgan fingerprint density at radius 3 is 2.70 bits per heavy atom. The number of alkyl halides is 1. The van der Waals surface area contributed by atoms with Crippen LogP contribution in [0.5, 0.6) is 0 Å². The van der Waals surface area contributed by atoms with Gasteiger partial charge in [0.25, 0.3) is 11.5 Å². The highest BCUT2D eigenvalue weighted by Crippen LogP contribution is 2.27. The van der Waals surface area contributed by atoms with Gasteiger partial charge in [-0.05, 0) is 57.0 Å². The van der Waals surface area contributed by atoms with Crippen LogP contribution in [0.2, 0.25) is 0 Å². The largest absolute Gasteiger partial charge is 0.348 e. The molecule has 0 spiro atoms. The summed E-state index contributed by atoms with van der Waals surface area (Å²) in [5.74, 6) is -0.275. The molecule has 0 bridgehead atoms. The Morgan fingerprint density at radius 2 is 2.00 bits per heavy atom. The van der Waals surface area contributed by atoms with E-state index < -0.39 is 0 Å². The number of fused-ring (bicyclic) bond motifs is 1. The van der Waals surface area contributed by atoms with E-state index in [1.54, 1.807) is 12.3 Å². The second-order valence-corrected chi connectivity index (χ2v) is 9.00. The zero-order chi connectivity index (χ0) is 23.7. The van der Waals surface area contributed by atoms with E-state index in [2.05, 4.69) is 37.4 Å². The van der Waals surface area contributed by atoms with Crippen molar-refractivity contribution < 1.29 is 4.79 Å². The van der Waals surface area contributed by atoms with Gasteiger partial charge in [-0.25, -0.2) is 9.67 Å². The van der Waals surface area contributed by atoms with Crippen molar-refractivity contribution in [3.63, 3.8) is 0 Å². The molecule has 0 fully saturated rings. The van der Waals surface area contributed by atoms with Gasteiger partial charge in [0, 0.05) is 34.7 Å². The minimum atomic E-state index is -0.275. The number of halogens is 1. The first-order valence-electron chi connectivity index (χ1n) is 10.8. The molecular weight excluding hydrogens is 482 g/mol. The van der Waals surface area contributed by atoms with E-state index in [0.717, 1.165) is 27.7 Å². The van der Waals surface area contributed by atoms with Gasteiger partial charge in [-0.15, -0.1) is 0 Å². The van der Waals surface area contributed by atoms with Gasteiger partial charge in [0.1, 0.15) is 0 Å². The fraction of sp³-hybridized carbons (Fsp3) is 0.280. The van der Waals surface area contributed by atoms with Crippen molar-refractivity contribution in [1.29, 1.82) is 0 Å². The summed E-state index contributed by atoms with van der Waals surface area (Å²) in [6.07, 6.45) is 1.68. The number of carbonyl (C=O) groups is 1. The number of nitrogens with zero attached hydrogens (tertiary/aromatic N) is 3. The topological polar surface area (TPSA) is 92.7 Å². The quantitative estimate of drug-likeness (QED) is 0.366. The highest BCUT2D eigenvalue weighted by atomic mass is 79.9. The lowest BCUT2D eigenvalue weighted by Gasteiger charge is -2.12. The average molecular weight is 508 g/mol. The summed E-state index contributed by atoms with van der Waals surface area (Å²) in [6, 6.07) is 11.8. The smallest absolute Gasteiger partial charge is 0.253 e. The first kappa shape index (κ1) is 22.9. The van der Waals surface area contributed by atoms with Crippen molar-refractivity contribution in [2.45, 2.75) is 45.6 Å². The fourth-order valence-corrected chi connectivity index (χ4v) is 4.26. The van der Waals surface area contributed by atoms with Gasteiger partial charge in [-0.3, -0.25) is 9.59 Å². The second-order valence-electron chi connectivity index (χ2n) is 8.43. The summed E-state index contributed by atoms with van der Waals surface area (Å²) in [7, 11) is 0. The normalized spacial score (nSPS) is 11.3. The Labute approximate surface area is 200 Å². The molecule has 0 aliphatic heterocycles. The number of pyridine rings is 2. The van der Waals surface area contributed by atoms with Crippen LogP contribution < -0.4 is 10.9 Å². The highest BCUT2D eigenvalue weighted by Gasteiger charge is 2.19. The summed E-state index contributed by atoms with van der Waals surface area (Å²) < 4.78 is 1.82. The molecule has 0 saturated carbocycles. The summed E-state index contributed by atoms with van der Waals surface area (Å²) in [4.78, 5) is 33.3.